The molecule has 0 spiro atoms. The van der Waals surface area contributed by atoms with Crippen molar-refractivity contribution >= 4 is 62.8 Å². The number of thioether (sulfide) groups is 2. The molecule has 220 valence electrons. The van der Waals surface area contributed by atoms with Gasteiger partial charge in [-0.2, -0.15) is 8.42 Å². The normalized spacial score (nSPS) is 18.5. The number of nitrogens with zero attached hydrogens (tertiary/aromatic N) is 3. The smallest absolute Gasteiger partial charge is 0.352 e. The van der Waals surface area contributed by atoms with Crippen molar-refractivity contribution in [1.82, 2.24) is 15.1 Å². The number of aromatic hydroxyl groups is 1. The Morgan fingerprint density at radius 3 is 2.25 bits per heavy atom. The van der Waals surface area contributed by atoms with E-state index in [4.69, 9.17) is 20.5 Å². The molecule has 2 aromatic rings. The van der Waals surface area contributed by atoms with Crippen molar-refractivity contribution < 1.29 is 42.7 Å². The molecule has 40 heavy (non-hydrogen) atoms. The number of rotatable bonds is 5. The molecule has 0 aliphatic carbocycles. The van der Waals surface area contributed by atoms with Crippen molar-refractivity contribution in [3.63, 3.8) is 0 Å². The second-order valence-corrected chi connectivity index (χ2v) is 14.4. The van der Waals surface area contributed by atoms with E-state index in [1.165, 1.54) is 58.8 Å². The highest BCUT2D eigenvalue weighted by Gasteiger charge is 2.51. The molecule has 2 atom stereocenters. The van der Waals surface area contributed by atoms with Gasteiger partial charge >= 0.3 is 11.9 Å². The molecule has 2 aliphatic heterocycles. The lowest BCUT2D eigenvalue weighted by molar-refractivity contribution is -0.147. The molecule has 1 fully saturated rings. The van der Waals surface area contributed by atoms with Crippen molar-refractivity contribution in [2.75, 3.05) is 11.5 Å². The minimum Gasteiger partial charge on any atom is -0.508 e. The maximum absolute atomic E-state index is 11.8. The highest BCUT2D eigenvalue weighted by Crippen LogP contribution is 2.40. The number of phenolic OH excluding ortho intramolecular Hbond substituents is 1. The maximum atomic E-state index is 11.8. The molecule has 1 saturated heterocycles. The van der Waals surface area contributed by atoms with Gasteiger partial charge in [0.15, 0.2) is 4.34 Å². The van der Waals surface area contributed by atoms with Crippen LogP contribution in [0.4, 0.5) is 0 Å². The summed E-state index contributed by atoms with van der Waals surface area (Å²) in [4.78, 5) is 34.3. The van der Waals surface area contributed by atoms with Crippen molar-refractivity contribution in [2.24, 2.45) is 11.1 Å². The van der Waals surface area contributed by atoms with Crippen LogP contribution in [-0.4, -0.2) is 84.2 Å². The number of amides is 1. The fourth-order valence-electron chi connectivity index (χ4n) is 3.04. The molecule has 1 aromatic carbocycles. The third kappa shape index (κ3) is 8.65. The van der Waals surface area contributed by atoms with Crippen LogP contribution < -0.4 is 5.73 Å². The van der Waals surface area contributed by atoms with Gasteiger partial charge in [0, 0.05) is 17.6 Å². The maximum Gasteiger partial charge on any atom is 0.352 e. The Bertz CT molecular complexity index is 1420. The van der Waals surface area contributed by atoms with Crippen LogP contribution in [0.2, 0.25) is 0 Å². The van der Waals surface area contributed by atoms with Gasteiger partial charge in [0.05, 0.1) is 5.41 Å². The third-order valence-corrected chi connectivity index (χ3v) is 9.67. The summed E-state index contributed by atoms with van der Waals surface area (Å²) in [6.45, 7) is 8.38. The van der Waals surface area contributed by atoms with E-state index in [2.05, 4.69) is 10.2 Å². The van der Waals surface area contributed by atoms with Crippen molar-refractivity contribution in [2.45, 2.75) is 55.3 Å². The van der Waals surface area contributed by atoms with Gasteiger partial charge < -0.3 is 21.1 Å². The van der Waals surface area contributed by atoms with Crippen molar-refractivity contribution in [1.29, 1.82) is 0 Å². The van der Waals surface area contributed by atoms with Crippen LogP contribution in [0.25, 0.3) is 0 Å². The Morgan fingerprint density at radius 1 is 1.20 bits per heavy atom. The van der Waals surface area contributed by atoms with Gasteiger partial charge in [0.2, 0.25) is 5.91 Å². The van der Waals surface area contributed by atoms with Crippen LogP contribution in [0, 0.1) is 19.3 Å². The van der Waals surface area contributed by atoms with Crippen LogP contribution in [0.3, 0.4) is 0 Å². The van der Waals surface area contributed by atoms with Gasteiger partial charge in [-0.25, -0.2) is 4.79 Å². The Labute approximate surface area is 243 Å². The molecule has 17 heteroatoms. The molecule has 0 bridgehead atoms. The number of β-lactam (4-membered cyclic amide) rings is 1. The number of carbonyl (C=O) groups is 3. The zero-order valence-electron chi connectivity index (χ0n) is 22.2. The number of aromatic nitrogens is 2. The number of nitrogens with two attached hydrogens (primary N) is 1. The summed E-state index contributed by atoms with van der Waals surface area (Å²) in [5.41, 5.74) is 6.32. The fraction of sp³-hybridized carbons (Fsp3) is 0.435. The van der Waals surface area contributed by atoms with Gasteiger partial charge in [0.1, 0.15) is 32.8 Å². The number of benzene rings is 1. The summed E-state index contributed by atoms with van der Waals surface area (Å²) in [7, 11) is -4.22. The first-order valence-electron chi connectivity index (χ1n) is 11.4. The molecular formula is C23H30N4O9S4. The van der Waals surface area contributed by atoms with E-state index in [1.54, 1.807) is 20.8 Å². The number of hydrogen-bond acceptors (Lipinski definition) is 12. The molecule has 0 unspecified atom stereocenters. The lowest BCUT2D eigenvalue weighted by Crippen LogP contribution is -2.68. The SMILES string of the molecule is CC(C)(C)C(=O)O.Cc1ccc(O)cc1S(=O)(=O)O.Cc1nnc(SCC2=C(C(=O)O)N3C(=O)[C@@H](N)[C@H]3SC2)s1. The number of carboxylic acids is 2. The molecule has 3 heterocycles. The minimum atomic E-state index is -4.22. The molecular weight excluding hydrogens is 605 g/mol. The first-order valence-corrected chi connectivity index (χ1v) is 15.7. The quantitative estimate of drug-likeness (QED) is 0.181. The van der Waals surface area contributed by atoms with Crippen molar-refractivity contribution in [3.05, 3.63) is 40.0 Å². The predicted molar refractivity (Wildman–Crippen MR) is 151 cm³/mol. The Hall–Kier alpha value is -2.70. The highest BCUT2D eigenvalue weighted by atomic mass is 32.2. The van der Waals surface area contributed by atoms with Gasteiger partial charge in [-0.3, -0.25) is 19.0 Å². The van der Waals surface area contributed by atoms with Crippen molar-refractivity contribution in [3.8, 4) is 5.75 Å². The number of fused-ring (bicyclic) bond motifs is 1. The minimum absolute atomic E-state index is 0.0826. The fourth-order valence-corrected chi connectivity index (χ4v) is 7.04. The highest BCUT2D eigenvalue weighted by molar-refractivity contribution is 8.01. The zero-order valence-corrected chi connectivity index (χ0v) is 25.4. The average Bonchev–Trinajstić information content (AvgIpc) is 3.27. The average molecular weight is 635 g/mol. The number of carbonyl (C=O) groups excluding carboxylic acids is 1. The Morgan fingerprint density at radius 2 is 1.80 bits per heavy atom. The van der Waals surface area contributed by atoms with Gasteiger partial charge in [-0.05, 0) is 51.8 Å². The van der Waals surface area contributed by atoms with Crippen LogP contribution in [0.1, 0.15) is 31.3 Å². The molecule has 1 aromatic heterocycles. The standard InChI is InChI=1S/C11H12N4O3S3.C7H8O4S.C5H10O2/c1-4-13-14-11(21-4)20-3-5-2-19-9-6(12)8(16)15(9)7(5)10(17)18;1-5-2-3-6(8)4-7(5)12(9,10)11;1-5(2,3)4(6)7/h6,9H,2-3,12H2,1H3,(H,17,18);2-4,8H,1H3,(H,9,10,11);1-3H3,(H,6,7)/t6-,9-;;/m1../s1. The summed E-state index contributed by atoms with van der Waals surface area (Å²) < 4.78 is 30.8. The Balaban J connectivity index is 0.000000249. The van der Waals surface area contributed by atoms with E-state index < -0.39 is 33.5 Å². The second kappa shape index (κ2) is 13.3. The Kier molecular flexibility index (Phi) is 11.1. The molecule has 13 nitrogen and oxygen atoms in total. The first-order chi connectivity index (χ1) is 18.3. The summed E-state index contributed by atoms with van der Waals surface area (Å²) in [6, 6.07) is 3.18. The molecule has 4 rings (SSSR count). The molecule has 1 amide bonds. The summed E-state index contributed by atoms with van der Waals surface area (Å²) in [6.07, 6.45) is 0. The lowest BCUT2D eigenvalue weighted by Gasteiger charge is -2.48. The van der Waals surface area contributed by atoms with E-state index in [0.717, 1.165) is 21.0 Å². The van der Waals surface area contributed by atoms with Gasteiger partial charge in [-0.1, -0.05) is 29.2 Å². The number of phenols is 1. The van der Waals surface area contributed by atoms with Crippen LogP contribution in [0.15, 0.2) is 38.7 Å². The zero-order chi connectivity index (χ0) is 30.6. The number of aryl methyl sites for hydroxylation is 2. The molecule has 0 radical (unpaired) electrons. The molecule has 2 aliphatic rings. The largest absolute Gasteiger partial charge is 0.508 e. The van der Waals surface area contributed by atoms with Gasteiger partial charge in [-0.15, -0.1) is 22.0 Å². The summed E-state index contributed by atoms with van der Waals surface area (Å²) in [5, 5.41) is 35.1. The van der Waals surface area contributed by atoms with Crippen LogP contribution >= 0.6 is 34.9 Å². The number of hydrogen-bond donors (Lipinski definition) is 5. The van der Waals surface area contributed by atoms with E-state index in [-0.39, 0.29) is 27.6 Å². The van der Waals surface area contributed by atoms with E-state index in [1.807, 2.05) is 6.92 Å². The lowest BCUT2D eigenvalue weighted by atomic mass is 9.98. The predicted octanol–water partition coefficient (Wildman–Crippen LogP) is 2.58. The van der Waals surface area contributed by atoms with E-state index in [9.17, 15) is 27.9 Å². The molecule has 0 saturated carbocycles. The van der Waals surface area contributed by atoms with Gasteiger partial charge in [0.25, 0.3) is 10.1 Å². The monoisotopic (exact) mass is 634 g/mol. The summed E-state index contributed by atoms with van der Waals surface area (Å²) >= 11 is 4.41. The molecule has 6 N–H and O–H groups in total. The summed E-state index contributed by atoms with van der Waals surface area (Å²) in [5.74, 6) is -1.30. The van der Waals surface area contributed by atoms with Crippen LogP contribution in [0.5, 0.6) is 5.75 Å². The van der Waals surface area contributed by atoms with E-state index in [0.29, 0.717) is 17.1 Å². The number of carboxylic acid groups (broad SMARTS) is 2. The van der Waals surface area contributed by atoms with Crippen LogP contribution in [-0.2, 0) is 24.5 Å². The third-order valence-electron chi connectivity index (χ3n) is 5.26. The first kappa shape index (κ1) is 33.5. The number of aliphatic carboxylic acids is 2. The topological polar surface area (TPSA) is 221 Å². The second-order valence-electron chi connectivity index (χ2n) is 9.55. The van der Waals surface area contributed by atoms with E-state index >= 15 is 0 Å².